The molecule has 18 heteroatoms. The number of carbonyl (C=O) groups excluding carboxylic acids is 1. The molecule has 15 nitrogen and oxygen atoms in total. The van der Waals surface area contributed by atoms with Crippen LogP contribution in [0.5, 0.6) is 0 Å². The van der Waals surface area contributed by atoms with Crippen LogP contribution in [0.1, 0.15) is 49.6 Å². The Morgan fingerprint density at radius 3 is 2.02 bits per heavy atom. The van der Waals surface area contributed by atoms with Gasteiger partial charge in [0.1, 0.15) is 33.7 Å². The summed E-state index contributed by atoms with van der Waals surface area (Å²) in [6.45, 7) is 6.65. The van der Waals surface area contributed by atoms with E-state index in [1.165, 1.54) is 31.9 Å². The van der Waals surface area contributed by atoms with Crippen molar-refractivity contribution in [2.45, 2.75) is 38.9 Å². The first-order valence-electron chi connectivity index (χ1n) is 16.0. The highest BCUT2D eigenvalue weighted by Crippen LogP contribution is 2.33. The SMILES string of the molecule is CC(C)(O)c1cnc(Cl)cn1.CN(c1cccc(-c2cnc(C(C)(C)O)cn2)c1)c1nc2nncn2c2cc(Cl)ccc12.COC(=O)c1cnc(Cl)cn1. The van der Waals surface area contributed by atoms with Gasteiger partial charge in [0.25, 0.3) is 5.78 Å². The zero-order valence-corrected chi connectivity index (χ0v) is 32.1. The maximum Gasteiger partial charge on any atom is 0.358 e. The lowest BCUT2D eigenvalue weighted by Crippen LogP contribution is -2.17. The van der Waals surface area contributed by atoms with Crippen LogP contribution in [0.3, 0.4) is 0 Å². The summed E-state index contributed by atoms with van der Waals surface area (Å²) in [6.07, 6.45) is 10.3. The number of aromatic nitrogens is 10. The summed E-state index contributed by atoms with van der Waals surface area (Å²) in [5, 5.41) is 29.8. The Balaban J connectivity index is 0.000000208. The van der Waals surface area contributed by atoms with E-state index in [-0.39, 0.29) is 10.8 Å². The second kappa shape index (κ2) is 16.7. The van der Waals surface area contributed by atoms with Gasteiger partial charge in [-0.15, -0.1) is 10.2 Å². The molecule has 7 rings (SSSR count). The normalized spacial score (nSPS) is 11.3. The van der Waals surface area contributed by atoms with Gasteiger partial charge in [0.05, 0.1) is 66.9 Å². The summed E-state index contributed by atoms with van der Waals surface area (Å²) in [6, 6.07) is 13.6. The third-order valence-corrected chi connectivity index (χ3v) is 8.21. The third kappa shape index (κ3) is 9.75. The van der Waals surface area contributed by atoms with Gasteiger partial charge in [0.15, 0.2) is 5.69 Å². The summed E-state index contributed by atoms with van der Waals surface area (Å²) < 4.78 is 6.21. The molecule has 0 aliphatic carbocycles. The van der Waals surface area contributed by atoms with E-state index in [0.717, 1.165) is 28.0 Å². The van der Waals surface area contributed by atoms with Crippen LogP contribution in [0.4, 0.5) is 11.5 Å². The number of ether oxygens (including phenoxy) is 1. The number of carbonyl (C=O) groups is 1. The first-order chi connectivity index (χ1) is 25.5. The first-order valence-corrected chi connectivity index (χ1v) is 17.1. The fourth-order valence-corrected chi connectivity index (χ4v) is 5.08. The van der Waals surface area contributed by atoms with Crippen molar-refractivity contribution in [3.63, 3.8) is 0 Å². The van der Waals surface area contributed by atoms with Gasteiger partial charge in [-0.25, -0.2) is 19.7 Å². The molecule has 0 spiro atoms. The molecule has 0 amide bonds. The van der Waals surface area contributed by atoms with E-state index in [1.54, 1.807) is 46.4 Å². The number of halogens is 3. The van der Waals surface area contributed by atoms with Crippen molar-refractivity contribution in [2.24, 2.45) is 0 Å². The number of fused-ring (bicyclic) bond motifs is 3. The molecule has 0 saturated heterocycles. The number of hydrogen-bond donors (Lipinski definition) is 2. The van der Waals surface area contributed by atoms with Crippen molar-refractivity contribution < 1.29 is 19.7 Å². The van der Waals surface area contributed by atoms with Gasteiger partial charge in [-0.05, 0) is 58.0 Å². The third-order valence-electron chi connectivity index (χ3n) is 7.58. The minimum absolute atomic E-state index is 0.150. The Labute approximate surface area is 324 Å². The quantitative estimate of drug-likeness (QED) is 0.170. The lowest BCUT2D eigenvalue weighted by atomic mass is 10.1. The number of esters is 1. The Bertz CT molecular complexity index is 2370. The van der Waals surface area contributed by atoms with Crippen LogP contribution in [0, 0.1) is 0 Å². The number of benzene rings is 2. The van der Waals surface area contributed by atoms with Crippen LogP contribution < -0.4 is 4.90 Å². The van der Waals surface area contributed by atoms with Gasteiger partial charge >= 0.3 is 5.97 Å². The Morgan fingerprint density at radius 2 is 1.44 bits per heavy atom. The van der Waals surface area contributed by atoms with E-state index in [9.17, 15) is 15.0 Å². The molecule has 0 bridgehead atoms. The smallest absolute Gasteiger partial charge is 0.358 e. The summed E-state index contributed by atoms with van der Waals surface area (Å²) >= 11 is 17.2. The standard InChI is InChI=1S/C23H20ClN7O.C7H9ClN2O.C6H5ClN2O2/c1-23(2,32)20-12-25-18(11-26-20)14-5-4-6-16(9-14)30(3)21-17-8-7-15(24)10-19(17)31-13-27-29-22(31)28-21;1-7(2,11)5-3-10-6(8)4-9-5;1-11-6(10)4-2-9-5(7)3-8-4/h4-13,32H,1-3H3;3-4,11H,1-2H3;2-3H,1H3. The van der Waals surface area contributed by atoms with Gasteiger partial charge < -0.3 is 19.8 Å². The van der Waals surface area contributed by atoms with E-state index in [0.29, 0.717) is 33.0 Å². The average Bonchev–Trinajstić information content (AvgIpc) is 3.64. The van der Waals surface area contributed by atoms with Crippen molar-refractivity contribution in [1.29, 1.82) is 0 Å². The average molecular weight is 791 g/mol. The number of aliphatic hydroxyl groups is 2. The predicted molar refractivity (Wildman–Crippen MR) is 205 cm³/mol. The molecule has 0 radical (unpaired) electrons. The largest absolute Gasteiger partial charge is 0.464 e. The molecule has 278 valence electrons. The van der Waals surface area contributed by atoms with Crippen molar-refractivity contribution in [1.82, 2.24) is 49.5 Å². The molecule has 0 saturated carbocycles. The van der Waals surface area contributed by atoms with E-state index >= 15 is 0 Å². The monoisotopic (exact) mass is 789 g/mol. The van der Waals surface area contributed by atoms with Gasteiger partial charge in [-0.3, -0.25) is 19.4 Å². The minimum Gasteiger partial charge on any atom is -0.464 e. The Kier molecular flexibility index (Phi) is 12.3. The molecule has 5 aromatic heterocycles. The summed E-state index contributed by atoms with van der Waals surface area (Å²) in [7, 11) is 3.23. The molecular weight excluding hydrogens is 757 g/mol. The molecule has 2 N–H and O–H groups in total. The zero-order valence-electron chi connectivity index (χ0n) is 29.8. The highest BCUT2D eigenvalue weighted by molar-refractivity contribution is 6.31. The van der Waals surface area contributed by atoms with Crippen LogP contribution in [-0.4, -0.2) is 79.8 Å². The predicted octanol–water partition coefficient (Wildman–Crippen LogP) is 6.66. The van der Waals surface area contributed by atoms with Crippen LogP contribution in [0.25, 0.3) is 27.9 Å². The molecule has 2 aromatic carbocycles. The van der Waals surface area contributed by atoms with E-state index in [4.69, 9.17) is 39.8 Å². The van der Waals surface area contributed by atoms with Crippen molar-refractivity contribution in [3.8, 4) is 11.3 Å². The molecule has 0 unspecified atom stereocenters. The number of nitrogens with zero attached hydrogens (tertiary/aromatic N) is 11. The fourth-order valence-electron chi connectivity index (χ4n) is 4.72. The van der Waals surface area contributed by atoms with E-state index < -0.39 is 17.2 Å². The van der Waals surface area contributed by atoms with E-state index in [2.05, 4.69) is 44.8 Å². The Hall–Kier alpha value is -5.45. The van der Waals surface area contributed by atoms with Crippen molar-refractivity contribution >= 4 is 69.0 Å². The molecule has 0 aliphatic heterocycles. The van der Waals surface area contributed by atoms with E-state index in [1.807, 2.05) is 58.8 Å². The van der Waals surface area contributed by atoms with Crippen molar-refractivity contribution in [2.75, 3.05) is 19.1 Å². The van der Waals surface area contributed by atoms with Crippen LogP contribution in [-0.2, 0) is 15.9 Å². The highest BCUT2D eigenvalue weighted by atomic mass is 35.5. The number of rotatable bonds is 6. The van der Waals surface area contributed by atoms with Crippen LogP contribution in [0.2, 0.25) is 15.3 Å². The fraction of sp³-hybridized carbons (Fsp3) is 0.222. The number of anilines is 2. The molecule has 0 fully saturated rings. The molecule has 54 heavy (non-hydrogen) atoms. The molecule has 0 atom stereocenters. The van der Waals surface area contributed by atoms with Gasteiger partial charge in [0, 0.05) is 28.7 Å². The highest BCUT2D eigenvalue weighted by Gasteiger charge is 2.20. The summed E-state index contributed by atoms with van der Waals surface area (Å²) in [5.41, 5.74) is 2.61. The number of hydrogen-bond acceptors (Lipinski definition) is 14. The molecule has 5 heterocycles. The van der Waals surface area contributed by atoms with Crippen LogP contribution in [0.15, 0.2) is 86.0 Å². The Morgan fingerprint density at radius 1 is 0.796 bits per heavy atom. The molecule has 7 aromatic rings. The van der Waals surface area contributed by atoms with Gasteiger partial charge in [0.2, 0.25) is 0 Å². The second-order valence-electron chi connectivity index (χ2n) is 12.6. The van der Waals surface area contributed by atoms with Gasteiger partial charge in [-0.2, -0.15) is 4.98 Å². The molecular formula is C36H34Cl3N11O4. The summed E-state index contributed by atoms with van der Waals surface area (Å²) in [4.78, 5) is 41.4. The number of methoxy groups -OCH3 is 1. The maximum atomic E-state index is 10.8. The minimum atomic E-state index is -1.04. The van der Waals surface area contributed by atoms with Crippen LogP contribution >= 0.6 is 34.8 Å². The van der Waals surface area contributed by atoms with Crippen molar-refractivity contribution in [3.05, 3.63) is 118 Å². The topological polar surface area (TPSA) is 190 Å². The zero-order chi connectivity index (χ0) is 39.2. The molecule has 0 aliphatic rings. The first kappa shape index (κ1) is 39.8. The van der Waals surface area contributed by atoms with Gasteiger partial charge in [-0.1, -0.05) is 46.9 Å². The lowest BCUT2D eigenvalue weighted by Gasteiger charge is -2.21. The second-order valence-corrected chi connectivity index (χ2v) is 13.8. The maximum absolute atomic E-state index is 10.8. The lowest BCUT2D eigenvalue weighted by molar-refractivity contribution is 0.0593. The summed E-state index contributed by atoms with van der Waals surface area (Å²) in [5.74, 6) is 0.706.